The van der Waals surface area contributed by atoms with E-state index in [-0.39, 0.29) is 12.5 Å². The van der Waals surface area contributed by atoms with Crippen molar-refractivity contribution in [3.8, 4) is 5.75 Å². The van der Waals surface area contributed by atoms with Crippen LogP contribution in [-0.4, -0.2) is 42.3 Å². The monoisotopic (exact) mass is 276 g/mol. The maximum atomic E-state index is 12.4. The predicted octanol–water partition coefficient (Wildman–Crippen LogP) is 0.491. The van der Waals surface area contributed by atoms with E-state index in [1.54, 1.807) is 25.1 Å². The SMILES string of the molecule is COc1cc(C(=O)N2CC(=O)NC(=O)C2C)ccc1C. The van der Waals surface area contributed by atoms with E-state index in [1.807, 2.05) is 6.92 Å². The van der Waals surface area contributed by atoms with E-state index in [0.717, 1.165) is 5.56 Å². The summed E-state index contributed by atoms with van der Waals surface area (Å²) in [7, 11) is 1.52. The van der Waals surface area contributed by atoms with Crippen LogP contribution >= 0.6 is 0 Å². The lowest BCUT2D eigenvalue weighted by Crippen LogP contribution is -2.58. The van der Waals surface area contributed by atoms with Crippen LogP contribution in [0.2, 0.25) is 0 Å². The van der Waals surface area contributed by atoms with Crippen LogP contribution in [-0.2, 0) is 9.59 Å². The molecule has 1 aliphatic heterocycles. The van der Waals surface area contributed by atoms with Gasteiger partial charge in [0.25, 0.3) is 5.91 Å². The summed E-state index contributed by atoms with van der Waals surface area (Å²) in [5.41, 5.74) is 1.30. The van der Waals surface area contributed by atoms with Crippen molar-refractivity contribution in [3.05, 3.63) is 29.3 Å². The molecule has 1 aliphatic rings. The molecule has 6 nitrogen and oxygen atoms in total. The van der Waals surface area contributed by atoms with Crippen LogP contribution in [0.15, 0.2) is 18.2 Å². The largest absolute Gasteiger partial charge is 0.496 e. The molecule has 0 aromatic heterocycles. The van der Waals surface area contributed by atoms with Crippen molar-refractivity contribution in [1.29, 1.82) is 0 Å². The first kappa shape index (κ1) is 14.0. The molecule has 6 heteroatoms. The quantitative estimate of drug-likeness (QED) is 0.798. The number of rotatable bonds is 2. The molecule has 1 aromatic rings. The third-order valence-electron chi connectivity index (χ3n) is 3.34. The molecule has 0 spiro atoms. The fraction of sp³-hybridized carbons (Fsp3) is 0.357. The molecule has 1 aromatic carbocycles. The fourth-order valence-electron chi connectivity index (χ4n) is 2.08. The average Bonchev–Trinajstić information content (AvgIpc) is 2.42. The molecular weight excluding hydrogens is 260 g/mol. The number of carbonyl (C=O) groups is 3. The van der Waals surface area contributed by atoms with E-state index in [0.29, 0.717) is 11.3 Å². The van der Waals surface area contributed by atoms with E-state index >= 15 is 0 Å². The third-order valence-corrected chi connectivity index (χ3v) is 3.34. The lowest BCUT2D eigenvalue weighted by molar-refractivity contribution is -0.138. The van der Waals surface area contributed by atoms with E-state index < -0.39 is 17.9 Å². The number of hydrogen-bond donors (Lipinski definition) is 1. The standard InChI is InChI=1S/C14H16N2O4/c1-8-4-5-10(6-11(8)20-3)14(19)16-7-12(17)15-13(18)9(16)2/h4-6,9H,7H2,1-3H3,(H,15,17,18). The Labute approximate surface area is 116 Å². The summed E-state index contributed by atoms with van der Waals surface area (Å²) in [6.45, 7) is 3.33. The van der Waals surface area contributed by atoms with E-state index in [9.17, 15) is 14.4 Å². The zero-order valence-corrected chi connectivity index (χ0v) is 11.6. The molecule has 1 atom stereocenters. The first-order valence-corrected chi connectivity index (χ1v) is 6.23. The van der Waals surface area contributed by atoms with Crippen molar-refractivity contribution >= 4 is 17.7 Å². The second-order valence-electron chi connectivity index (χ2n) is 4.71. The molecule has 1 heterocycles. The number of ether oxygens (including phenoxy) is 1. The van der Waals surface area contributed by atoms with Gasteiger partial charge in [-0.05, 0) is 31.5 Å². The van der Waals surface area contributed by atoms with Crippen molar-refractivity contribution < 1.29 is 19.1 Å². The van der Waals surface area contributed by atoms with Gasteiger partial charge in [0.2, 0.25) is 11.8 Å². The number of carbonyl (C=O) groups excluding carboxylic acids is 3. The van der Waals surface area contributed by atoms with Gasteiger partial charge >= 0.3 is 0 Å². The Morgan fingerprint density at radius 1 is 1.40 bits per heavy atom. The number of methoxy groups -OCH3 is 1. The highest BCUT2D eigenvalue weighted by atomic mass is 16.5. The summed E-state index contributed by atoms with van der Waals surface area (Å²) < 4.78 is 5.18. The van der Waals surface area contributed by atoms with Crippen LogP contribution in [0.5, 0.6) is 5.75 Å². The molecule has 1 unspecified atom stereocenters. The zero-order chi connectivity index (χ0) is 14.9. The number of piperazine rings is 1. The Hall–Kier alpha value is -2.37. The van der Waals surface area contributed by atoms with Crippen molar-refractivity contribution in [1.82, 2.24) is 10.2 Å². The fourth-order valence-corrected chi connectivity index (χ4v) is 2.08. The van der Waals surface area contributed by atoms with Crippen LogP contribution in [0, 0.1) is 6.92 Å². The molecule has 0 aliphatic carbocycles. The van der Waals surface area contributed by atoms with Gasteiger partial charge in [-0.15, -0.1) is 0 Å². The minimum Gasteiger partial charge on any atom is -0.496 e. The van der Waals surface area contributed by atoms with Crippen LogP contribution in [0.4, 0.5) is 0 Å². The molecule has 0 radical (unpaired) electrons. The maximum Gasteiger partial charge on any atom is 0.255 e. The molecule has 0 saturated carbocycles. The van der Waals surface area contributed by atoms with E-state index in [1.165, 1.54) is 12.0 Å². The lowest BCUT2D eigenvalue weighted by atomic mass is 10.1. The summed E-state index contributed by atoms with van der Waals surface area (Å²) in [5, 5.41) is 2.20. The molecule has 0 bridgehead atoms. The second-order valence-corrected chi connectivity index (χ2v) is 4.71. The van der Waals surface area contributed by atoms with Gasteiger partial charge < -0.3 is 9.64 Å². The number of nitrogens with one attached hydrogen (secondary N) is 1. The summed E-state index contributed by atoms with van der Waals surface area (Å²) in [5.74, 6) is -0.704. The molecule has 2 rings (SSSR count). The molecule has 1 N–H and O–H groups in total. The number of aryl methyl sites for hydroxylation is 1. The Morgan fingerprint density at radius 2 is 2.10 bits per heavy atom. The molecule has 1 saturated heterocycles. The van der Waals surface area contributed by atoms with Crippen LogP contribution in [0.25, 0.3) is 0 Å². The van der Waals surface area contributed by atoms with Crippen molar-refractivity contribution in [2.45, 2.75) is 19.9 Å². The Balaban J connectivity index is 2.30. The van der Waals surface area contributed by atoms with Gasteiger partial charge in [-0.3, -0.25) is 19.7 Å². The first-order valence-electron chi connectivity index (χ1n) is 6.23. The lowest BCUT2D eigenvalue weighted by Gasteiger charge is -2.31. The van der Waals surface area contributed by atoms with Gasteiger partial charge in [0.05, 0.1) is 7.11 Å². The molecule has 1 fully saturated rings. The summed E-state index contributed by atoms with van der Waals surface area (Å²) in [6.07, 6.45) is 0. The Bertz CT molecular complexity index is 583. The molecule has 106 valence electrons. The van der Waals surface area contributed by atoms with E-state index in [4.69, 9.17) is 4.74 Å². The summed E-state index contributed by atoms with van der Waals surface area (Å²) >= 11 is 0. The predicted molar refractivity (Wildman–Crippen MR) is 71.4 cm³/mol. The minimum atomic E-state index is -0.674. The van der Waals surface area contributed by atoms with Gasteiger partial charge in [-0.2, -0.15) is 0 Å². The van der Waals surface area contributed by atoms with Gasteiger partial charge in [0.15, 0.2) is 0 Å². The highest BCUT2D eigenvalue weighted by Gasteiger charge is 2.34. The minimum absolute atomic E-state index is 0.123. The van der Waals surface area contributed by atoms with Crippen molar-refractivity contribution in [3.63, 3.8) is 0 Å². The van der Waals surface area contributed by atoms with E-state index in [2.05, 4.69) is 5.32 Å². The smallest absolute Gasteiger partial charge is 0.255 e. The number of amides is 3. The zero-order valence-electron chi connectivity index (χ0n) is 11.6. The van der Waals surface area contributed by atoms with Gasteiger partial charge in [0, 0.05) is 5.56 Å². The first-order chi connectivity index (χ1) is 9.43. The highest BCUT2D eigenvalue weighted by Crippen LogP contribution is 2.21. The third kappa shape index (κ3) is 2.49. The molecule has 20 heavy (non-hydrogen) atoms. The molecule has 3 amide bonds. The van der Waals surface area contributed by atoms with Crippen LogP contribution in [0.3, 0.4) is 0 Å². The average molecular weight is 276 g/mol. The number of imide groups is 1. The highest BCUT2D eigenvalue weighted by molar-refractivity contribution is 6.07. The Morgan fingerprint density at radius 3 is 2.75 bits per heavy atom. The number of hydrogen-bond acceptors (Lipinski definition) is 4. The molecular formula is C14H16N2O4. The maximum absolute atomic E-state index is 12.4. The Kier molecular flexibility index (Phi) is 3.74. The summed E-state index contributed by atoms with van der Waals surface area (Å²) in [6, 6.07) is 4.36. The van der Waals surface area contributed by atoms with Gasteiger partial charge in [-0.25, -0.2) is 0 Å². The summed E-state index contributed by atoms with van der Waals surface area (Å²) in [4.78, 5) is 36.6. The second kappa shape index (κ2) is 5.32. The van der Waals surface area contributed by atoms with Gasteiger partial charge in [-0.1, -0.05) is 6.07 Å². The van der Waals surface area contributed by atoms with Crippen molar-refractivity contribution in [2.75, 3.05) is 13.7 Å². The number of benzene rings is 1. The van der Waals surface area contributed by atoms with Crippen molar-refractivity contribution in [2.24, 2.45) is 0 Å². The topological polar surface area (TPSA) is 75.7 Å². The normalized spacial score (nSPS) is 18.8. The van der Waals surface area contributed by atoms with Gasteiger partial charge in [0.1, 0.15) is 18.3 Å². The van der Waals surface area contributed by atoms with Crippen LogP contribution < -0.4 is 10.1 Å². The van der Waals surface area contributed by atoms with Crippen LogP contribution in [0.1, 0.15) is 22.8 Å². The number of nitrogens with zero attached hydrogens (tertiary/aromatic N) is 1.